The van der Waals surface area contributed by atoms with Crippen LogP contribution in [-0.4, -0.2) is 0 Å². The number of rotatable bonds is 3. The lowest BCUT2D eigenvalue weighted by Gasteiger charge is -2.14. The van der Waals surface area contributed by atoms with Crippen molar-refractivity contribution in [3.8, 4) is 0 Å². The lowest BCUT2D eigenvalue weighted by molar-refractivity contribution is 0.527. The van der Waals surface area contributed by atoms with E-state index in [9.17, 15) is 4.39 Å². The second kappa shape index (κ2) is 5.14. The Balaban J connectivity index is 1.69. The molecule has 0 saturated carbocycles. The predicted octanol–water partition coefficient (Wildman–Crippen LogP) is 3.91. The van der Waals surface area contributed by atoms with Gasteiger partial charge in [-0.2, -0.15) is 0 Å². The molecule has 1 atom stereocenters. The van der Waals surface area contributed by atoms with Crippen LogP contribution in [0.5, 0.6) is 0 Å². The minimum Gasteiger partial charge on any atom is -0.306 e. The molecule has 1 unspecified atom stereocenters. The Labute approximate surface area is 113 Å². The van der Waals surface area contributed by atoms with Crippen molar-refractivity contribution < 1.29 is 4.39 Å². The van der Waals surface area contributed by atoms with Gasteiger partial charge in [0.15, 0.2) is 0 Å². The lowest BCUT2D eigenvalue weighted by atomic mass is 10.1. The van der Waals surface area contributed by atoms with Gasteiger partial charge in [-0.15, -0.1) is 0 Å². The van der Waals surface area contributed by atoms with Gasteiger partial charge in [0.2, 0.25) is 0 Å². The molecule has 0 heterocycles. The zero-order valence-electron chi connectivity index (χ0n) is 11.1. The summed E-state index contributed by atoms with van der Waals surface area (Å²) in [6.45, 7) is 2.51. The molecule has 3 rings (SSSR count). The zero-order chi connectivity index (χ0) is 13.2. The van der Waals surface area contributed by atoms with Crippen molar-refractivity contribution in [3.63, 3.8) is 0 Å². The molecule has 0 saturated heterocycles. The first kappa shape index (κ1) is 12.4. The van der Waals surface area contributed by atoms with Crippen LogP contribution in [0.25, 0.3) is 0 Å². The van der Waals surface area contributed by atoms with Crippen LogP contribution in [0.15, 0.2) is 42.5 Å². The van der Waals surface area contributed by atoms with Crippen LogP contribution in [0, 0.1) is 12.7 Å². The highest BCUT2D eigenvalue weighted by atomic mass is 19.1. The Morgan fingerprint density at radius 2 is 2.05 bits per heavy atom. The van der Waals surface area contributed by atoms with E-state index in [1.165, 1.54) is 11.1 Å². The van der Waals surface area contributed by atoms with Crippen LogP contribution < -0.4 is 5.32 Å². The first-order chi connectivity index (χ1) is 9.24. The van der Waals surface area contributed by atoms with Gasteiger partial charge in [-0.25, -0.2) is 4.39 Å². The average Bonchev–Trinajstić information content (AvgIpc) is 2.83. The summed E-state index contributed by atoms with van der Waals surface area (Å²) in [6.07, 6.45) is 2.27. The highest BCUT2D eigenvalue weighted by molar-refractivity contribution is 5.34. The number of nitrogens with one attached hydrogen (secondary N) is 1. The molecular formula is C17H18FN. The van der Waals surface area contributed by atoms with Crippen molar-refractivity contribution in [1.29, 1.82) is 0 Å². The van der Waals surface area contributed by atoms with Gasteiger partial charge < -0.3 is 5.32 Å². The maximum absolute atomic E-state index is 13.5. The molecule has 1 nitrogen and oxygen atoms in total. The van der Waals surface area contributed by atoms with Crippen LogP contribution >= 0.6 is 0 Å². The first-order valence-electron chi connectivity index (χ1n) is 6.80. The summed E-state index contributed by atoms with van der Waals surface area (Å²) in [7, 11) is 0. The molecule has 0 fully saturated rings. The largest absolute Gasteiger partial charge is 0.306 e. The standard InChI is InChI=1S/C17H18FN/c1-12-6-7-13(10-16(12)18)11-19-17-9-8-14-4-2-3-5-15(14)17/h2-7,10,17,19H,8-9,11H2,1H3. The number of halogens is 1. The van der Waals surface area contributed by atoms with Crippen molar-refractivity contribution in [1.82, 2.24) is 5.32 Å². The Bertz CT molecular complexity index is 592. The van der Waals surface area contributed by atoms with Crippen LogP contribution in [0.4, 0.5) is 4.39 Å². The van der Waals surface area contributed by atoms with Gasteiger partial charge in [0, 0.05) is 12.6 Å². The second-order valence-corrected chi connectivity index (χ2v) is 5.25. The Kier molecular flexibility index (Phi) is 3.34. The number of benzene rings is 2. The molecule has 0 aliphatic heterocycles. The minimum atomic E-state index is -0.119. The van der Waals surface area contributed by atoms with Crippen LogP contribution in [0.3, 0.4) is 0 Å². The minimum absolute atomic E-state index is 0.119. The summed E-state index contributed by atoms with van der Waals surface area (Å²) in [5.41, 5.74) is 4.55. The summed E-state index contributed by atoms with van der Waals surface area (Å²) in [4.78, 5) is 0. The van der Waals surface area contributed by atoms with Crippen LogP contribution in [-0.2, 0) is 13.0 Å². The zero-order valence-corrected chi connectivity index (χ0v) is 11.1. The molecule has 98 valence electrons. The fourth-order valence-electron chi connectivity index (χ4n) is 2.76. The number of hydrogen-bond acceptors (Lipinski definition) is 1. The molecule has 1 aliphatic rings. The molecule has 19 heavy (non-hydrogen) atoms. The molecule has 0 spiro atoms. The molecule has 2 aromatic carbocycles. The smallest absolute Gasteiger partial charge is 0.126 e. The molecule has 0 amide bonds. The van der Waals surface area contributed by atoms with Gasteiger partial charge >= 0.3 is 0 Å². The van der Waals surface area contributed by atoms with E-state index in [4.69, 9.17) is 0 Å². The Hall–Kier alpha value is -1.67. The third kappa shape index (κ3) is 2.54. The summed E-state index contributed by atoms with van der Waals surface area (Å²) in [6, 6.07) is 14.4. The highest BCUT2D eigenvalue weighted by Crippen LogP contribution is 2.30. The predicted molar refractivity (Wildman–Crippen MR) is 75.5 cm³/mol. The molecule has 1 aliphatic carbocycles. The van der Waals surface area contributed by atoms with Gasteiger partial charge in [0.25, 0.3) is 0 Å². The van der Waals surface area contributed by atoms with Gasteiger partial charge in [0.1, 0.15) is 5.82 Å². The summed E-state index contributed by atoms with van der Waals surface area (Å²) in [5, 5.41) is 3.53. The van der Waals surface area contributed by atoms with Crippen molar-refractivity contribution in [2.45, 2.75) is 32.4 Å². The van der Waals surface area contributed by atoms with Gasteiger partial charge in [0.05, 0.1) is 0 Å². The van der Waals surface area contributed by atoms with E-state index in [2.05, 4.69) is 29.6 Å². The average molecular weight is 255 g/mol. The molecule has 2 heteroatoms. The highest BCUT2D eigenvalue weighted by Gasteiger charge is 2.20. The maximum Gasteiger partial charge on any atom is 0.126 e. The molecular weight excluding hydrogens is 237 g/mol. The molecule has 0 bridgehead atoms. The first-order valence-corrected chi connectivity index (χ1v) is 6.80. The summed E-state index contributed by atoms with van der Waals surface area (Å²) in [5.74, 6) is -0.119. The topological polar surface area (TPSA) is 12.0 Å². The quantitative estimate of drug-likeness (QED) is 0.876. The second-order valence-electron chi connectivity index (χ2n) is 5.25. The van der Waals surface area contributed by atoms with E-state index in [1.54, 1.807) is 13.0 Å². The van der Waals surface area contributed by atoms with Crippen molar-refractivity contribution in [2.75, 3.05) is 0 Å². The third-order valence-corrected chi connectivity index (χ3v) is 3.92. The van der Waals surface area contributed by atoms with Crippen LogP contribution in [0.2, 0.25) is 0 Å². The summed E-state index contributed by atoms with van der Waals surface area (Å²) >= 11 is 0. The van der Waals surface area contributed by atoms with E-state index in [1.807, 2.05) is 12.1 Å². The molecule has 2 aromatic rings. The van der Waals surface area contributed by atoms with Crippen LogP contribution in [0.1, 0.15) is 34.7 Å². The number of aryl methyl sites for hydroxylation is 2. The molecule has 0 aromatic heterocycles. The van der Waals surface area contributed by atoms with Crippen molar-refractivity contribution in [2.24, 2.45) is 0 Å². The number of fused-ring (bicyclic) bond motifs is 1. The van der Waals surface area contributed by atoms with Crippen molar-refractivity contribution in [3.05, 3.63) is 70.5 Å². The monoisotopic (exact) mass is 255 g/mol. The van der Waals surface area contributed by atoms with Gasteiger partial charge in [-0.05, 0) is 48.1 Å². The van der Waals surface area contributed by atoms with Crippen molar-refractivity contribution >= 4 is 0 Å². The normalized spacial score (nSPS) is 17.5. The fraction of sp³-hybridized carbons (Fsp3) is 0.294. The third-order valence-electron chi connectivity index (χ3n) is 3.92. The van der Waals surface area contributed by atoms with E-state index < -0.39 is 0 Å². The Morgan fingerprint density at radius 1 is 1.21 bits per heavy atom. The summed E-state index contributed by atoms with van der Waals surface area (Å²) < 4.78 is 13.5. The van der Waals surface area contributed by atoms with E-state index >= 15 is 0 Å². The maximum atomic E-state index is 13.5. The Morgan fingerprint density at radius 3 is 2.89 bits per heavy atom. The molecule has 1 N–H and O–H groups in total. The SMILES string of the molecule is Cc1ccc(CNC2CCc3ccccc32)cc1F. The number of hydrogen-bond donors (Lipinski definition) is 1. The van der Waals surface area contributed by atoms with Gasteiger partial charge in [-0.1, -0.05) is 36.4 Å². The van der Waals surface area contributed by atoms with E-state index in [0.29, 0.717) is 11.6 Å². The lowest BCUT2D eigenvalue weighted by Crippen LogP contribution is -2.18. The van der Waals surface area contributed by atoms with E-state index in [0.717, 1.165) is 24.9 Å². The fourth-order valence-corrected chi connectivity index (χ4v) is 2.76. The van der Waals surface area contributed by atoms with Gasteiger partial charge in [-0.3, -0.25) is 0 Å². The van der Waals surface area contributed by atoms with E-state index in [-0.39, 0.29) is 5.82 Å². The molecule has 0 radical (unpaired) electrons.